The van der Waals surface area contributed by atoms with Crippen molar-refractivity contribution < 1.29 is 14.3 Å². The first kappa shape index (κ1) is 25.8. The third-order valence-corrected chi connectivity index (χ3v) is 8.81. The number of hydrogen-bond acceptors (Lipinski definition) is 5. The molecule has 2 aromatic rings. The summed E-state index contributed by atoms with van der Waals surface area (Å²) in [4.78, 5) is 26.0. The number of unbranched alkanes of at least 4 members (excludes halogenated alkanes) is 9. The Bertz CT molecular complexity index is 827. The normalized spacial score (nSPS) is 11.1. The Labute approximate surface area is 204 Å². The van der Waals surface area contributed by atoms with Crippen LogP contribution in [0.3, 0.4) is 0 Å². The van der Waals surface area contributed by atoms with Gasteiger partial charge in [-0.1, -0.05) is 64.7 Å². The summed E-state index contributed by atoms with van der Waals surface area (Å²) in [6.07, 6.45) is 12.6. The molecule has 0 aliphatic carbocycles. The molecule has 0 saturated heterocycles. The summed E-state index contributed by atoms with van der Waals surface area (Å²) in [5, 5.41) is 0. The van der Waals surface area contributed by atoms with Crippen LogP contribution < -0.4 is 0 Å². The van der Waals surface area contributed by atoms with Gasteiger partial charge in [0.2, 0.25) is 0 Å². The van der Waals surface area contributed by atoms with E-state index in [1.807, 2.05) is 12.1 Å². The number of ether oxygens (including phenoxy) is 1. The van der Waals surface area contributed by atoms with Crippen LogP contribution in [0.2, 0.25) is 0 Å². The van der Waals surface area contributed by atoms with E-state index in [-0.39, 0.29) is 11.8 Å². The third-order valence-electron chi connectivity index (χ3n) is 4.95. The van der Waals surface area contributed by atoms with Crippen LogP contribution in [0, 0.1) is 0 Å². The Balaban J connectivity index is 1.71. The van der Waals surface area contributed by atoms with Gasteiger partial charge in [-0.2, -0.15) is 0 Å². The van der Waals surface area contributed by atoms with Crippen molar-refractivity contribution in [2.24, 2.45) is 0 Å². The molecule has 0 saturated carbocycles. The van der Waals surface area contributed by atoms with Gasteiger partial charge in [-0.05, 0) is 57.3 Å². The maximum absolute atomic E-state index is 12.4. The summed E-state index contributed by atoms with van der Waals surface area (Å²) < 4.78 is 7.06. The van der Waals surface area contributed by atoms with Crippen LogP contribution in [0.25, 0.3) is 9.75 Å². The first-order valence-corrected chi connectivity index (χ1v) is 13.9. The molecule has 30 heavy (non-hydrogen) atoms. The van der Waals surface area contributed by atoms with Crippen molar-refractivity contribution in [2.75, 3.05) is 6.61 Å². The van der Waals surface area contributed by atoms with E-state index in [0.29, 0.717) is 17.7 Å². The molecule has 0 atom stereocenters. The lowest BCUT2D eigenvalue weighted by molar-refractivity contribution is 0.0497. The fourth-order valence-electron chi connectivity index (χ4n) is 3.19. The van der Waals surface area contributed by atoms with Crippen molar-refractivity contribution >= 4 is 66.3 Å². The minimum Gasteiger partial charge on any atom is -0.462 e. The highest BCUT2D eigenvalue weighted by molar-refractivity contribution is 9.11. The van der Waals surface area contributed by atoms with Crippen molar-refractivity contribution in [2.45, 2.75) is 78.1 Å². The molecule has 0 spiro atoms. The number of Topliss-reactive ketones (excluding diaryl/α,β-unsaturated/α-hetero) is 1. The smallest absolute Gasteiger partial charge is 0.340 e. The number of hydrogen-bond donors (Lipinski definition) is 0. The number of thiophene rings is 2. The fraction of sp³-hybridized carbons (Fsp3) is 0.565. The minimum atomic E-state index is -0.289. The number of carbonyl (C=O) groups is 2. The second-order valence-corrected chi connectivity index (χ2v) is 12.2. The van der Waals surface area contributed by atoms with Crippen molar-refractivity contribution in [1.29, 1.82) is 0 Å². The van der Waals surface area contributed by atoms with E-state index >= 15 is 0 Å². The Kier molecular flexibility index (Phi) is 11.9. The monoisotopic (exact) mass is 576 g/mol. The molecule has 166 valence electrons. The Morgan fingerprint density at radius 3 is 1.77 bits per heavy atom. The summed E-state index contributed by atoms with van der Waals surface area (Å²) in [7, 11) is 0. The van der Waals surface area contributed by atoms with Gasteiger partial charge in [0.15, 0.2) is 5.78 Å². The molecule has 7 heteroatoms. The van der Waals surface area contributed by atoms with Crippen LogP contribution in [-0.4, -0.2) is 18.4 Å². The van der Waals surface area contributed by atoms with Gasteiger partial charge in [0, 0.05) is 15.3 Å². The van der Waals surface area contributed by atoms with Gasteiger partial charge in [-0.3, -0.25) is 4.79 Å². The van der Waals surface area contributed by atoms with Crippen LogP contribution >= 0.6 is 54.5 Å². The molecule has 0 aliphatic heterocycles. The molecule has 0 aromatic carbocycles. The zero-order chi connectivity index (χ0) is 21.9. The van der Waals surface area contributed by atoms with Crippen LogP contribution in [0.1, 0.15) is 98.8 Å². The summed E-state index contributed by atoms with van der Waals surface area (Å²) in [5.74, 6) is -0.265. The van der Waals surface area contributed by atoms with E-state index in [0.717, 1.165) is 30.2 Å². The number of esters is 1. The van der Waals surface area contributed by atoms with Gasteiger partial charge >= 0.3 is 5.97 Å². The first-order valence-electron chi connectivity index (χ1n) is 10.7. The van der Waals surface area contributed by atoms with Gasteiger partial charge in [0.1, 0.15) is 0 Å². The molecule has 2 heterocycles. The quantitative estimate of drug-likeness (QED) is 0.128. The molecular formula is C23H30Br2O3S2. The van der Waals surface area contributed by atoms with Crippen molar-refractivity contribution in [3.8, 4) is 9.75 Å². The van der Waals surface area contributed by atoms with E-state index in [4.69, 9.17) is 4.74 Å². The lowest BCUT2D eigenvalue weighted by atomic mass is 10.1. The van der Waals surface area contributed by atoms with Crippen LogP contribution in [0.4, 0.5) is 0 Å². The molecule has 0 bridgehead atoms. The summed E-state index contributed by atoms with van der Waals surface area (Å²) >= 11 is 9.92. The van der Waals surface area contributed by atoms with Crippen LogP contribution in [0.5, 0.6) is 0 Å². The third kappa shape index (κ3) is 8.21. The maximum atomic E-state index is 12.4. The van der Waals surface area contributed by atoms with E-state index in [1.165, 1.54) is 74.0 Å². The minimum absolute atomic E-state index is 0.0242. The zero-order valence-corrected chi connectivity index (χ0v) is 22.5. The predicted molar refractivity (Wildman–Crippen MR) is 135 cm³/mol. The average Bonchev–Trinajstić information content (AvgIpc) is 3.28. The Morgan fingerprint density at radius 1 is 0.800 bits per heavy atom. The highest BCUT2D eigenvalue weighted by Gasteiger charge is 2.19. The molecular weight excluding hydrogens is 548 g/mol. The molecule has 0 N–H and O–H groups in total. The van der Waals surface area contributed by atoms with Gasteiger partial charge < -0.3 is 4.74 Å². The summed E-state index contributed by atoms with van der Waals surface area (Å²) in [5.41, 5.74) is 1.22. The molecule has 0 unspecified atom stereocenters. The molecule has 2 rings (SSSR count). The topological polar surface area (TPSA) is 43.4 Å². The van der Waals surface area contributed by atoms with E-state index in [1.54, 1.807) is 6.92 Å². The van der Waals surface area contributed by atoms with E-state index in [2.05, 4.69) is 38.8 Å². The number of halogens is 2. The molecule has 2 aromatic heterocycles. The van der Waals surface area contributed by atoms with Crippen LogP contribution in [-0.2, 0) is 4.74 Å². The molecule has 0 aliphatic rings. The maximum Gasteiger partial charge on any atom is 0.340 e. The lowest BCUT2D eigenvalue weighted by Gasteiger charge is -2.04. The lowest BCUT2D eigenvalue weighted by Crippen LogP contribution is -2.05. The van der Waals surface area contributed by atoms with E-state index < -0.39 is 0 Å². The van der Waals surface area contributed by atoms with Gasteiger partial charge in [0.05, 0.1) is 19.7 Å². The van der Waals surface area contributed by atoms with Crippen molar-refractivity contribution in [3.63, 3.8) is 0 Å². The highest BCUT2D eigenvalue weighted by atomic mass is 79.9. The zero-order valence-electron chi connectivity index (χ0n) is 17.7. The van der Waals surface area contributed by atoms with Gasteiger partial charge in [-0.25, -0.2) is 4.79 Å². The van der Waals surface area contributed by atoms with Gasteiger partial charge in [0.25, 0.3) is 0 Å². The largest absolute Gasteiger partial charge is 0.462 e. The van der Waals surface area contributed by atoms with Crippen LogP contribution in [0.15, 0.2) is 19.7 Å². The Hall–Kier alpha value is -0.500. The summed E-state index contributed by atoms with van der Waals surface area (Å²) in [6, 6.07) is 3.71. The number of carbonyl (C=O) groups excluding carboxylic acids is 2. The Morgan fingerprint density at radius 2 is 1.27 bits per heavy atom. The fourth-order valence-corrected chi connectivity index (χ4v) is 6.78. The predicted octanol–water partition coefficient (Wildman–Crippen LogP) is 9.28. The van der Waals surface area contributed by atoms with E-state index in [9.17, 15) is 9.59 Å². The first-order chi connectivity index (χ1) is 14.4. The highest BCUT2D eigenvalue weighted by Crippen LogP contribution is 2.41. The average molecular weight is 578 g/mol. The molecule has 0 amide bonds. The number of ketones is 1. The SMILES string of the molecule is CCCCCCCCCCCCOC(=O)c1cc(-c2cc(C(C)=O)c(Br)s2)sc1Br. The van der Waals surface area contributed by atoms with Crippen molar-refractivity contribution in [3.05, 3.63) is 30.8 Å². The summed E-state index contributed by atoms with van der Waals surface area (Å²) in [6.45, 7) is 4.26. The molecule has 3 nitrogen and oxygen atoms in total. The van der Waals surface area contributed by atoms with Crippen molar-refractivity contribution in [1.82, 2.24) is 0 Å². The second-order valence-electron chi connectivity index (χ2n) is 7.47. The second kappa shape index (κ2) is 13.8. The van der Waals surface area contributed by atoms with Gasteiger partial charge in [-0.15, -0.1) is 22.7 Å². The standard InChI is InChI=1S/C23H30Br2O3S2/c1-3-4-5-6-7-8-9-10-11-12-13-28-23(27)18-15-20(30-22(18)25)19-14-17(16(2)26)21(24)29-19/h14-15H,3-13H2,1-2H3. The number of rotatable bonds is 14. The molecule has 0 fully saturated rings. The molecule has 0 radical (unpaired) electrons.